The minimum Gasteiger partial charge on any atom is -0.507 e. The van der Waals surface area contributed by atoms with E-state index in [1.807, 2.05) is 0 Å². The number of aromatic nitrogens is 3. The fourth-order valence-corrected chi connectivity index (χ4v) is 1.51. The topological polar surface area (TPSA) is 122 Å². The quantitative estimate of drug-likeness (QED) is 0.360. The van der Waals surface area contributed by atoms with Crippen LogP contribution in [-0.2, 0) is 0 Å². The largest absolute Gasteiger partial charge is 0.507 e. The summed E-state index contributed by atoms with van der Waals surface area (Å²) in [6.45, 7) is 0. The highest BCUT2D eigenvalue weighted by Crippen LogP contribution is 2.30. The Morgan fingerprint density at radius 2 is 2.00 bits per heavy atom. The molecular formula is C9H11BrCl2N6O2. The van der Waals surface area contributed by atoms with Crippen LogP contribution >= 0.6 is 40.7 Å². The molecule has 0 aliphatic carbocycles. The van der Waals surface area contributed by atoms with E-state index in [0.717, 1.165) is 4.68 Å². The van der Waals surface area contributed by atoms with E-state index >= 15 is 0 Å². The molecule has 0 saturated carbocycles. The van der Waals surface area contributed by atoms with E-state index < -0.39 is 0 Å². The third-order valence-corrected chi connectivity index (χ3v) is 2.67. The Morgan fingerprint density at radius 3 is 2.60 bits per heavy atom. The highest BCUT2D eigenvalue weighted by atomic mass is 79.9. The predicted molar refractivity (Wildman–Crippen MR) is 83.4 cm³/mol. The molecule has 1 aromatic carbocycles. The van der Waals surface area contributed by atoms with Crippen molar-refractivity contribution in [1.29, 1.82) is 0 Å². The number of aromatic hydroxyl groups is 2. The standard InChI is InChI=1S/C9H9BrN6O2.2ClH/c10-6-1-5(7(17)2-8(6)18)3-12-14-9-15-13-4-16(9)11;;/h1-4,17-18H,11H2,(H,14,15);2*1H. The van der Waals surface area contributed by atoms with Crippen LogP contribution in [0.1, 0.15) is 5.56 Å². The fraction of sp³-hybridized carbons (Fsp3) is 0. The zero-order chi connectivity index (χ0) is 13.1. The van der Waals surface area contributed by atoms with E-state index in [1.165, 1.54) is 24.7 Å². The second-order valence-corrected chi connectivity index (χ2v) is 4.15. The van der Waals surface area contributed by atoms with Crippen molar-refractivity contribution >= 4 is 52.9 Å². The smallest absolute Gasteiger partial charge is 0.263 e. The number of nitrogens with two attached hydrogens (primary N) is 1. The summed E-state index contributed by atoms with van der Waals surface area (Å²) in [6.07, 6.45) is 2.67. The van der Waals surface area contributed by atoms with Crippen molar-refractivity contribution in [2.24, 2.45) is 5.10 Å². The Kier molecular flexibility index (Phi) is 7.11. The van der Waals surface area contributed by atoms with Gasteiger partial charge in [0.15, 0.2) is 0 Å². The maximum Gasteiger partial charge on any atom is 0.263 e. The molecule has 1 heterocycles. The molecule has 2 aromatic rings. The van der Waals surface area contributed by atoms with E-state index in [9.17, 15) is 10.2 Å². The van der Waals surface area contributed by atoms with Gasteiger partial charge in [0.05, 0.1) is 10.7 Å². The first kappa shape index (κ1) is 18.3. The lowest BCUT2D eigenvalue weighted by molar-refractivity contribution is 0.448. The van der Waals surface area contributed by atoms with Crippen LogP contribution in [0.2, 0.25) is 0 Å². The van der Waals surface area contributed by atoms with E-state index in [1.54, 1.807) is 0 Å². The van der Waals surface area contributed by atoms with Crippen molar-refractivity contribution in [2.45, 2.75) is 0 Å². The molecule has 0 radical (unpaired) electrons. The van der Waals surface area contributed by atoms with Crippen LogP contribution < -0.4 is 11.3 Å². The Balaban J connectivity index is 0.00000180. The molecule has 2 rings (SSSR count). The number of hydrogen-bond donors (Lipinski definition) is 4. The van der Waals surface area contributed by atoms with Gasteiger partial charge in [-0.15, -0.1) is 35.0 Å². The van der Waals surface area contributed by atoms with Crippen LogP contribution in [0.5, 0.6) is 11.5 Å². The van der Waals surface area contributed by atoms with Crippen molar-refractivity contribution in [3.8, 4) is 11.5 Å². The number of benzene rings is 1. The molecular weight excluding hydrogens is 375 g/mol. The van der Waals surface area contributed by atoms with Gasteiger partial charge in [0.25, 0.3) is 5.95 Å². The van der Waals surface area contributed by atoms with Gasteiger partial charge in [-0.3, -0.25) is 0 Å². The first-order valence-electron chi connectivity index (χ1n) is 4.73. The van der Waals surface area contributed by atoms with Crippen molar-refractivity contribution in [1.82, 2.24) is 14.9 Å². The van der Waals surface area contributed by atoms with Gasteiger partial charge in [0, 0.05) is 11.6 Å². The molecule has 0 amide bonds. The summed E-state index contributed by atoms with van der Waals surface area (Å²) < 4.78 is 1.60. The lowest BCUT2D eigenvalue weighted by atomic mass is 10.2. The monoisotopic (exact) mass is 384 g/mol. The van der Waals surface area contributed by atoms with Crippen LogP contribution in [0.25, 0.3) is 0 Å². The molecule has 110 valence electrons. The van der Waals surface area contributed by atoms with Crippen molar-refractivity contribution in [3.63, 3.8) is 0 Å². The van der Waals surface area contributed by atoms with Crippen LogP contribution in [0, 0.1) is 0 Å². The third kappa shape index (κ3) is 4.15. The first-order valence-corrected chi connectivity index (χ1v) is 5.53. The highest BCUT2D eigenvalue weighted by molar-refractivity contribution is 9.10. The number of halogens is 3. The molecule has 0 aliphatic heterocycles. The maximum atomic E-state index is 9.57. The first-order chi connectivity index (χ1) is 8.58. The van der Waals surface area contributed by atoms with E-state index in [0.29, 0.717) is 10.0 Å². The number of nitrogens with zero attached hydrogens (tertiary/aromatic N) is 4. The Hall–Kier alpha value is -1.71. The van der Waals surface area contributed by atoms with Crippen molar-refractivity contribution in [3.05, 3.63) is 28.5 Å². The Labute approximate surface area is 134 Å². The highest BCUT2D eigenvalue weighted by Gasteiger charge is 2.05. The van der Waals surface area contributed by atoms with Crippen LogP contribution in [-0.4, -0.2) is 31.3 Å². The second kappa shape index (κ2) is 7.78. The predicted octanol–water partition coefficient (Wildman–Crippen LogP) is 1.46. The van der Waals surface area contributed by atoms with Crippen LogP contribution in [0.4, 0.5) is 5.95 Å². The van der Waals surface area contributed by atoms with E-state index in [4.69, 9.17) is 5.84 Å². The number of hydrazone groups is 1. The third-order valence-electron chi connectivity index (χ3n) is 2.04. The summed E-state index contributed by atoms with van der Waals surface area (Å²) in [4.78, 5) is 0. The second-order valence-electron chi connectivity index (χ2n) is 3.29. The lowest BCUT2D eigenvalue weighted by Gasteiger charge is -2.02. The summed E-state index contributed by atoms with van der Waals surface area (Å²) in [7, 11) is 0. The maximum absolute atomic E-state index is 9.57. The molecule has 0 aliphatic rings. The summed E-state index contributed by atoms with van der Waals surface area (Å²) in [5.41, 5.74) is 2.96. The fourth-order valence-electron chi connectivity index (χ4n) is 1.15. The summed E-state index contributed by atoms with van der Waals surface area (Å²) in [5, 5.41) is 29.9. The minimum absolute atomic E-state index is 0. The molecule has 0 saturated heterocycles. The molecule has 0 unspecified atom stereocenters. The van der Waals surface area contributed by atoms with Gasteiger partial charge in [0.2, 0.25) is 0 Å². The van der Waals surface area contributed by atoms with Crippen LogP contribution in [0.3, 0.4) is 0 Å². The van der Waals surface area contributed by atoms with Crippen molar-refractivity contribution < 1.29 is 10.2 Å². The molecule has 11 heteroatoms. The lowest BCUT2D eigenvalue weighted by Crippen LogP contribution is -2.10. The summed E-state index contributed by atoms with van der Waals surface area (Å²) in [5.74, 6) is 5.55. The van der Waals surface area contributed by atoms with Crippen LogP contribution in [0.15, 0.2) is 28.0 Å². The van der Waals surface area contributed by atoms with Gasteiger partial charge in [0.1, 0.15) is 17.8 Å². The SMILES string of the molecule is Cl.Cl.Nn1cnnc1NN=Cc1cc(Br)c(O)cc1O. The summed E-state index contributed by atoms with van der Waals surface area (Å²) in [6, 6.07) is 2.72. The number of rotatable bonds is 3. The zero-order valence-corrected chi connectivity index (χ0v) is 13.0. The minimum atomic E-state index is -0.101. The van der Waals surface area contributed by atoms with Gasteiger partial charge < -0.3 is 16.1 Å². The number of phenolic OH excluding ortho intramolecular Hbond substituents is 2. The number of nitrogens with one attached hydrogen (secondary N) is 1. The van der Waals surface area contributed by atoms with Gasteiger partial charge >= 0.3 is 0 Å². The van der Waals surface area contributed by atoms with Crippen molar-refractivity contribution in [2.75, 3.05) is 11.3 Å². The number of phenols is 2. The average molecular weight is 386 g/mol. The average Bonchev–Trinajstić information content (AvgIpc) is 2.72. The molecule has 0 atom stereocenters. The van der Waals surface area contributed by atoms with Gasteiger partial charge in [-0.25, -0.2) is 10.1 Å². The zero-order valence-electron chi connectivity index (χ0n) is 9.76. The normalized spacial score (nSPS) is 9.85. The molecule has 0 fully saturated rings. The Bertz CT molecular complexity index is 606. The molecule has 8 nitrogen and oxygen atoms in total. The Morgan fingerprint density at radius 1 is 1.30 bits per heavy atom. The molecule has 1 aromatic heterocycles. The number of anilines is 1. The number of hydrogen-bond acceptors (Lipinski definition) is 7. The van der Waals surface area contributed by atoms with E-state index in [-0.39, 0.29) is 42.3 Å². The molecule has 0 spiro atoms. The molecule has 20 heavy (non-hydrogen) atoms. The molecule has 5 N–H and O–H groups in total. The van der Waals surface area contributed by atoms with Gasteiger partial charge in [-0.05, 0) is 22.0 Å². The number of nitrogen functional groups attached to an aromatic ring is 1. The summed E-state index contributed by atoms with van der Waals surface area (Å²) >= 11 is 3.13. The van der Waals surface area contributed by atoms with Gasteiger partial charge in [-0.1, -0.05) is 0 Å². The molecule has 0 bridgehead atoms. The van der Waals surface area contributed by atoms with Gasteiger partial charge in [-0.2, -0.15) is 5.10 Å². The van der Waals surface area contributed by atoms with E-state index in [2.05, 4.69) is 36.7 Å².